The summed E-state index contributed by atoms with van der Waals surface area (Å²) in [5.74, 6) is 0.679. The van der Waals surface area contributed by atoms with Gasteiger partial charge in [-0.1, -0.05) is 12.1 Å². The molecular weight excluding hydrogens is 306 g/mol. The molecule has 0 saturated heterocycles. The number of amides is 1. The maximum absolute atomic E-state index is 12.2. The molecule has 1 heterocycles. The van der Waals surface area contributed by atoms with Crippen LogP contribution >= 0.6 is 0 Å². The zero-order chi connectivity index (χ0) is 17.2. The summed E-state index contributed by atoms with van der Waals surface area (Å²) in [6, 6.07) is 9.60. The first-order valence-electron chi connectivity index (χ1n) is 7.82. The van der Waals surface area contributed by atoms with Crippen LogP contribution in [-0.2, 0) is 11.2 Å². The first-order chi connectivity index (χ1) is 11.7. The van der Waals surface area contributed by atoms with E-state index >= 15 is 0 Å². The molecule has 0 fully saturated rings. The molecule has 0 bridgehead atoms. The van der Waals surface area contributed by atoms with Crippen LogP contribution in [0, 0.1) is 0 Å². The minimum Gasteiger partial charge on any atom is -0.497 e. The lowest BCUT2D eigenvalue weighted by Gasteiger charge is -2.09. The molecule has 2 N–H and O–H groups in total. The maximum Gasteiger partial charge on any atom is 0.252 e. The molecule has 0 aliphatic heterocycles. The minimum absolute atomic E-state index is 0.138. The van der Waals surface area contributed by atoms with Gasteiger partial charge in [0.2, 0.25) is 0 Å². The molecule has 0 aliphatic carbocycles. The number of anilines is 1. The van der Waals surface area contributed by atoms with Gasteiger partial charge in [0, 0.05) is 32.6 Å². The monoisotopic (exact) mass is 329 g/mol. The number of benzene rings is 1. The van der Waals surface area contributed by atoms with Crippen LogP contribution in [-0.4, -0.2) is 44.8 Å². The van der Waals surface area contributed by atoms with E-state index in [0.717, 1.165) is 23.4 Å². The Morgan fingerprint density at radius 3 is 2.83 bits per heavy atom. The third-order valence-corrected chi connectivity index (χ3v) is 3.47. The number of pyridine rings is 1. The molecule has 0 unspecified atom stereocenters. The summed E-state index contributed by atoms with van der Waals surface area (Å²) >= 11 is 0. The molecule has 2 rings (SSSR count). The highest BCUT2D eigenvalue weighted by atomic mass is 16.5. The van der Waals surface area contributed by atoms with E-state index in [2.05, 4.69) is 15.6 Å². The van der Waals surface area contributed by atoms with Crippen LogP contribution in [0.15, 0.2) is 42.7 Å². The third-order valence-electron chi connectivity index (χ3n) is 3.47. The van der Waals surface area contributed by atoms with Crippen molar-refractivity contribution in [2.45, 2.75) is 6.42 Å². The topological polar surface area (TPSA) is 72.5 Å². The Morgan fingerprint density at radius 1 is 1.17 bits per heavy atom. The first-order valence-corrected chi connectivity index (χ1v) is 7.82. The second-order valence-electron chi connectivity index (χ2n) is 5.24. The standard InChI is InChI=1S/C18H23N3O3/c1-23-9-8-20-16-11-15(12-19-13-16)18(22)21-7-6-14-4-3-5-17(10-14)24-2/h3-5,10-13,20H,6-9H2,1-2H3,(H,21,22). The number of methoxy groups -OCH3 is 2. The second kappa shape index (κ2) is 9.52. The molecule has 2 aromatic rings. The Kier molecular flexibility index (Phi) is 7.04. The molecule has 0 aliphatic rings. The highest BCUT2D eigenvalue weighted by Crippen LogP contribution is 2.13. The van der Waals surface area contributed by atoms with Gasteiger partial charge in [0.15, 0.2) is 0 Å². The highest BCUT2D eigenvalue weighted by Gasteiger charge is 2.06. The summed E-state index contributed by atoms with van der Waals surface area (Å²) in [5, 5.41) is 6.06. The first kappa shape index (κ1) is 17.7. The largest absolute Gasteiger partial charge is 0.497 e. The summed E-state index contributed by atoms with van der Waals surface area (Å²) in [6.45, 7) is 1.81. The van der Waals surface area contributed by atoms with Gasteiger partial charge in [0.05, 0.1) is 25.0 Å². The quantitative estimate of drug-likeness (QED) is 0.690. The predicted molar refractivity (Wildman–Crippen MR) is 93.6 cm³/mol. The lowest BCUT2D eigenvalue weighted by molar-refractivity contribution is 0.0954. The SMILES string of the molecule is COCCNc1cncc(C(=O)NCCc2cccc(OC)c2)c1. The van der Waals surface area contributed by atoms with E-state index < -0.39 is 0 Å². The van der Waals surface area contributed by atoms with Gasteiger partial charge >= 0.3 is 0 Å². The molecule has 6 heteroatoms. The predicted octanol–water partition coefficient (Wildman–Crippen LogP) is 2.12. The number of carbonyl (C=O) groups is 1. The van der Waals surface area contributed by atoms with Crippen molar-refractivity contribution < 1.29 is 14.3 Å². The molecule has 0 atom stereocenters. The minimum atomic E-state index is -0.138. The van der Waals surface area contributed by atoms with Crippen molar-refractivity contribution in [2.75, 3.05) is 39.2 Å². The Balaban J connectivity index is 1.84. The van der Waals surface area contributed by atoms with Gasteiger partial charge in [-0.3, -0.25) is 9.78 Å². The Labute approximate surface area is 142 Å². The van der Waals surface area contributed by atoms with Crippen LogP contribution in [0.4, 0.5) is 5.69 Å². The van der Waals surface area contributed by atoms with Gasteiger partial charge in [-0.05, 0) is 30.2 Å². The number of carbonyl (C=O) groups excluding carboxylic acids is 1. The third kappa shape index (κ3) is 5.55. The second-order valence-corrected chi connectivity index (χ2v) is 5.24. The zero-order valence-electron chi connectivity index (χ0n) is 14.0. The smallest absolute Gasteiger partial charge is 0.252 e. The molecule has 128 valence electrons. The van der Waals surface area contributed by atoms with Crippen LogP contribution in [0.3, 0.4) is 0 Å². The van der Waals surface area contributed by atoms with Gasteiger partial charge in [0.25, 0.3) is 5.91 Å². The Bertz CT molecular complexity index is 661. The van der Waals surface area contributed by atoms with E-state index in [1.807, 2.05) is 24.3 Å². The summed E-state index contributed by atoms with van der Waals surface area (Å²) in [7, 11) is 3.29. The Morgan fingerprint density at radius 2 is 2.04 bits per heavy atom. The zero-order valence-corrected chi connectivity index (χ0v) is 14.0. The number of rotatable bonds is 9. The van der Waals surface area contributed by atoms with Crippen molar-refractivity contribution in [3.05, 3.63) is 53.9 Å². The fourth-order valence-electron chi connectivity index (χ4n) is 2.21. The molecular formula is C18H23N3O3. The normalized spacial score (nSPS) is 10.2. The van der Waals surface area contributed by atoms with Crippen molar-refractivity contribution in [3.63, 3.8) is 0 Å². The molecule has 0 spiro atoms. The lowest BCUT2D eigenvalue weighted by atomic mass is 10.1. The van der Waals surface area contributed by atoms with Crippen LogP contribution in [0.1, 0.15) is 15.9 Å². The van der Waals surface area contributed by atoms with Crippen molar-refractivity contribution >= 4 is 11.6 Å². The van der Waals surface area contributed by atoms with Gasteiger partial charge in [0.1, 0.15) is 5.75 Å². The van der Waals surface area contributed by atoms with Crippen molar-refractivity contribution in [3.8, 4) is 5.75 Å². The number of aromatic nitrogens is 1. The molecule has 0 saturated carbocycles. The van der Waals surface area contributed by atoms with E-state index in [1.54, 1.807) is 32.7 Å². The van der Waals surface area contributed by atoms with E-state index in [4.69, 9.17) is 9.47 Å². The fourth-order valence-corrected chi connectivity index (χ4v) is 2.21. The summed E-state index contributed by atoms with van der Waals surface area (Å²) < 4.78 is 10.2. The number of hydrogen-bond acceptors (Lipinski definition) is 5. The van der Waals surface area contributed by atoms with E-state index in [9.17, 15) is 4.79 Å². The Hall–Kier alpha value is -2.60. The van der Waals surface area contributed by atoms with Crippen LogP contribution in [0.25, 0.3) is 0 Å². The average Bonchev–Trinajstić information content (AvgIpc) is 2.62. The lowest BCUT2D eigenvalue weighted by Crippen LogP contribution is -2.26. The van der Waals surface area contributed by atoms with E-state index in [1.165, 1.54) is 0 Å². The van der Waals surface area contributed by atoms with Crippen LogP contribution < -0.4 is 15.4 Å². The fraction of sp³-hybridized carbons (Fsp3) is 0.333. The molecule has 6 nitrogen and oxygen atoms in total. The number of nitrogens with one attached hydrogen (secondary N) is 2. The van der Waals surface area contributed by atoms with Crippen molar-refractivity contribution in [1.82, 2.24) is 10.3 Å². The molecule has 24 heavy (non-hydrogen) atoms. The van der Waals surface area contributed by atoms with Gasteiger partial charge in [-0.15, -0.1) is 0 Å². The van der Waals surface area contributed by atoms with Crippen molar-refractivity contribution in [1.29, 1.82) is 0 Å². The molecule has 1 amide bonds. The molecule has 0 radical (unpaired) electrons. The van der Waals surface area contributed by atoms with Gasteiger partial charge in [-0.2, -0.15) is 0 Å². The average molecular weight is 329 g/mol. The van der Waals surface area contributed by atoms with Crippen molar-refractivity contribution in [2.24, 2.45) is 0 Å². The summed E-state index contributed by atoms with van der Waals surface area (Å²) in [6.07, 6.45) is 3.98. The van der Waals surface area contributed by atoms with E-state index in [0.29, 0.717) is 25.3 Å². The number of hydrogen-bond donors (Lipinski definition) is 2. The van der Waals surface area contributed by atoms with Crippen LogP contribution in [0.5, 0.6) is 5.75 Å². The highest BCUT2D eigenvalue weighted by molar-refractivity contribution is 5.94. The van der Waals surface area contributed by atoms with Gasteiger partial charge in [-0.25, -0.2) is 0 Å². The molecule has 1 aromatic carbocycles. The van der Waals surface area contributed by atoms with E-state index in [-0.39, 0.29) is 5.91 Å². The summed E-state index contributed by atoms with van der Waals surface area (Å²) in [5.41, 5.74) is 2.44. The molecule has 1 aromatic heterocycles. The number of nitrogens with zero attached hydrogens (tertiary/aromatic N) is 1. The van der Waals surface area contributed by atoms with Crippen LogP contribution in [0.2, 0.25) is 0 Å². The maximum atomic E-state index is 12.2. The number of ether oxygens (including phenoxy) is 2. The summed E-state index contributed by atoms with van der Waals surface area (Å²) in [4.78, 5) is 16.3. The van der Waals surface area contributed by atoms with Gasteiger partial charge < -0.3 is 20.1 Å².